The minimum absolute atomic E-state index is 0.00152. The van der Waals surface area contributed by atoms with Crippen LogP contribution in [0.4, 0.5) is 18.9 Å². The number of carbonyl (C=O) groups excluding carboxylic acids is 1. The van der Waals surface area contributed by atoms with Crippen LogP contribution in [-0.4, -0.2) is 33.1 Å². The summed E-state index contributed by atoms with van der Waals surface area (Å²) >= 11 is 0. The Bertz CT molecular complexity index is 1500. The first kappa shape index (κ1) is 25.4. The van der Waals surface area contributed by atoms with Gasteiger partial charge < -0.3 is 9.88 Å². The summed E-state index contributed by atoms with van der Waals surface area (Å²) in [7, 11) is 0. The van der Waals surface area contributed by atoms with E-state index in [1.54, 1.807) is 54.2 Å². The number of benzene rings is 3. The van der Waals surface area contributed by atoms with E-state index in [0.29, 0.717) is 47.1 Å². The zero-order valence-corrected chi connectivity index (χ0v) is 20.6. The number of hydrogen-bond acceptors (Lipinski definition) is 4. The summed E-state index contributed by atoms with van der Waals surface area (Å²) in [5.41, 5.74) is 3.23. The molecule has 0 unspecified atom stereocenters. The standard InChI is InChI=1S/C28H25F3N4O3/c1-18-12-13-23-25(24(18)35(37)38)34(17-33-23)15-7-6-14-27(26(36)32-16-28(29,30)31)21-10-4-2-8-19(21)20-9-3-5-11-22(20)27/h2-5,8-13,17H,6-7,14-16H2,1H3,(H,32,36). The lowest BCUT2D eigenvalue weighted by atomic mass is 9.73. The van der Waals surface area contributed by atoms with Crippen LogP contribution in [0.3, 0.4) is 0 Å². The highest BCUT2D eigenvalue weighted by molar-refractivity contribution is 6.00. The summed E-state index contributed by atoms with van der Waals surface area (Å²) in [5, 5.41) is 13.9. The number of hydrogen-bond donors (Lipinski definition) is 1. The van der Waals surface area contributed by atoms with Crippen LogP contribution in [0.15, 0.2) is 67.0 Å². The van der Waals surface area contributed by atoms with E-state index in [-0.39, 0.29) is 12.1 Å². The maximum absolute atomic E-state index is 13.6. The largest absolute Gasteiger partial charge is 0.405 e. The smallest absolute Gasteiger partial charge is 0.346 e. The molecule has 0 fully saturated rings. The number of aryl methyl sites for hydroxylation is 2. The van der Waals surface area contributed by atoms with Gasteiger partial charge in [0.05, 0.1) is 16.8 Å². The fraction of sp³-hybridized carbons (Fsp3) is 0.286. The molecular weight excluding hydrogens is 497 g/mol. The SMILES string of the molecule is Cc1ccc2ncn(CCCCC3(C(=O)NCC(F)(F)F)c4ccccc4-c4ccccc43)c2c1[N+](=O)[O-]. The lowest BCUT2D eigenvalue weighted by molar-refractivity contribution is -0.383. The Kier molecular flexibility index (Phi) is 6.42. The van der Waals surface area contributed by atoms with Crippen molar-refractivity contribution >= 4 is 22.6 Å². The molecule has 3 aromatic carbocycles. The quantitative estimate of drug-likeness (QED) is 0.173. The monoisotopic (exact) mass is 522 g/mol. The number of nitro benzene ring substituents is 1. The van der Waals surface area contributed by atoms with Crippen molar-refractivity contribution in [3.05, 3.63) is 93.8 Å². The van der Waals surface area contributed by atoms with Crippen LogP contribution >= 0.6 is 0 Å². The molecule has 0 atom stereocenters. The first-order valence-electron chi connectivity index (χ1n) is 12.3. The summed E-state index contributed by atoms with van der Waals surface area (Å²) in [5.74, 6) is -0.688. The molecule has 1 amide bonds. The Morgan fingerprint density at radius 1 is 1.03 bits per heavy atom. The molecule has 0 radical (unpaired) electrons. The first-order chi connectivity index (χ1) is 18.1. The fourth-order valence-corrected chi connectivity index (χ4v) is 5.60. The molecule has 4 aromatic rings. The number of nitrogens with one attached hydrogen (secondary N) is 1. The number of amides is 1. The molecule has 0 saturated heterocycles. The number of aromatic nitrogens is 2. The van der Waals surface area contributed by atoms with Gasteiger partial charge in [0, 0.05) is 12.1 Å². The van der Waals surface area contributed by atoms with E-state index in [9.17, 15) is 28.1 Å². The third-order valence-electron chi connectivity index (χ3n) is 7.24. The summed E-state index contributed by atoms with van der Waals surface area (Å²) in [6, 6.07) is 18.0. The number of rotatable bonds is 8. The third kappa shape index (κ3) is 4.29. The first-order valence-corrected chi connectivity index (χ1v) is 12.3. The lowest BCUT2D eigenvalue weighted by Gasteiger charge is -2.31. The molecule has 1 aromatic heterocycles. The molecule has 0 aliphatic heterocycles. The average Bonchev–Trinajstić information content (AvgIpc) is 3.42. The highest BCUT2D eigenvalue weighted by atomic mass is 19.4. The summed E-state index contributed by atoms with van der Waals surface area (Å²) in [6.07, 6.45) is -1.68. The van der Waals surface area contributed by atoms with Crippen molar-refractivity contribution in [3.63, 3.8) is 0 Å². The number of nitrogens with zero attached hydrogens (tertiary/aromatic N) is 3. The molecule has 38 heavy (non-hydrogen) atoms. The Labute approximate surface area is 216 Å². The van der Waals surface area contributed by atoms with E-state index in [1.807, 2.05) is 24.3 Å². The number of unbranched alkanes of at least 4 members (excludes halogenated alkanes) is 1. The minimum Gasteiger partial charge on any atom is -0.346 e. The minimum atomic E-state index is -4.54. The second-order valence-corrected chi connectivity index (χ2v) is 9.55. The van der Waals surface area contributed by atoms with Crippen molar-refractivity contribution in [2.24, 2.45) is 0 Å². The van der Waals surface area contributed by atoms with Crippen LogP contribution in [0.5, 0.6) is 0 Å². The number of halogens is 3. The number of carbonyl (C=O) groups is 1. The molecule has 0 saturated carbocycles. The summed E-state index contributed by atoms with van der Waals surface area (Å²) in [4.78, 5) is 29.2. The van der Waals surface area contributed by atoms with Gasteiger partial charge in [-0.25, -0.2) is 4.98 Å². The second kappa shape index (κ2) is 9.59. The van der Waals surface area contributed by atoms with E-state index < -0.39 is 29.0 Å². The van der Waals surface area contributed by atoms with Gasteiger partial charge in [-0.3, -0.25) is 14.9 Å². The highest BCUT2D eigenvalue weighted by Gasteiger charge is 2.49. The van der Waals surface area contributed by atoms with Crippen molar-refractivity contribution < 1.29 is 22.9 Å². The molecule has 7 nitrogen and oxygen atoms in total. The molecule has 5 rings (SSSR count). The van der Waals surface area contributed by atoms with Gasteiger partial charge in [0.25, 0.3) is 5.69 Å². The van der Waals surface area contributed by atoms with Gasteiger partial charge >= 0.3 is 6.18 Å². The van der Waals surface area contributed by atoms with Crippen LogP contribution < -0.4 is 5.32 Å². The summed E-state index contributed by atoms with van der Waals surface area (Å²) < 4.78 is 40.9. The Morgan fingerprint density at radius 2 is 1.66 bits per heavy atom. The van der Waals surface area contributed by atoms with Crippen molar-refractivity contribution in [1.29, 1.82) is 0 Å². The molecule has 1 aliphatic rings. The Morgan fingerprint density at radius 3 is 2.26 bits per heavy atom. The van der Waals surface area contributed by atoms with Crippen molar-refractivity contribution in [1.82, 2.24) is 14.9 Å². The zero-order valence-electron chi connectivity index (χ0n) is 20.6. The Hall–Kier alpha value is -4.21. The second-order valence-electron chi connectivity index (χ2n) is 9.55. The predicted molar refractivity (Wildman–Crippen MR) is 137 cm³/mol. The number of fused-ring (bicyclic) bond motifs is 4. The van der Waals surface area contributed by atoms with Crippen LogP contribution in [0.1, 0.15) is 36.0 Å². The third-order valence-corrected chi connectivity index (χ3v) is 7.24. The number of alkyl halides is 3. The van der Waals surface area contributed by atoms with E-state index in [2.05, 4.69) is 10.3 Å². The molecular formula is C28H25F3N4O3. The highest BCUT2D eigenvalue weighted by Crippen LogP contribution is 2.51. The summed E-state index contributed by atoms with van der Waals surface area (Å²) in [6.45, 7) is 0.666. The average molecular weight is 523 g/mol. The van der Waals surface area contributed by atoms with Gasteiger partial charge in [0.2, 0.25) is 5.91 Å². The normalized spacial score (nSPS) is 13.8. The van der Waals surface area contributed by atoms with Crippen LogP contribution in [0.25, 0.3) is 22.2 Å². The maximum atomic E-state index is 13.6. The topological polar surface area (TPSA) is 90.1 Å². The van der Waals surface area contributed by atoms with Crippen LogP contribution in [0, 0.1) is 17.0 Å². The van der Waals surface area contributed by atoms with Gasteiger partial charge in [-0.2, -0.15) is 13.2 Å². The number of imidazole rings is 1. The van der Waals surface area contributed by atoms with E-state index in [4.69, 9.17) is 0 Å². The number of nitro groups is 1. The van der Waals surface area contributed by atoms with E-state index in [1.165, 1.54) is 0 Å². The van der Waals surface area contributed by atoms with Gasteiger partial charge in [0.15, 0.2) is 0 Å². The van der Waals surface area contributed by atoms with Gasteiger partial charge in [-0.15, -0.1) is 0 Å². The van der Waals surface area contributed by atoms with Gasteiger partial charge in [0.1, 0.15) is 17.5 Å². The van der Waals surface area contributed by atoms with Crippen molar-refractivity contribution in [2.45, 2.75) is 44.3 Å². The van der Waals surface area contributed by atoms with Crippen LogP contribution in [-0.2, 0) is 16.8 Å². The Balaban J connectivity index is 1.45. The van der Waals surface area contributed by atoms with Gasteiger partial charge in [-0.1, -0.05) is 54.6 Å². The lowest BCUT2D eigenvalue weighted by Crippen LogP contribution is -2.47. The fourth-order valence-electron chi connectivity index (χ4n) is 5.60. The molecule has 0 bridgehead atoms. The van der Waals surface area contributed by atoms with Gasteiger partial charge in [-0.05, 0) is 54.5 Å². The molecule has 1 heterocycles. The predicted octanol–water partition coefficient (Wildman–Crippen LogP) is 6.07. The van der Waals surface area contributed by atoms with Crippen molar-refractivity contribution in [3.8, 4) is 11.1 Å². The molecule has 1 N–H and O–H groups in total. The van der Waals surface area contributed by atoms with Crippen molar-refractivity contribution in [2.75, 3.05) is 6.54 Å². The van der Waals surface area contributed by atoms with Crippen LogP contribution in [0.2, 0.25) is 0 Å². The zero-order chi connectivity index (χ0) is 27.1. The maximum Gasteiger partial charge on any atom is 0.405 e. The van der Waals surface area contributed by atoms with E-state index >= 15 is 0 Å². The molecule has 196 valence electrons. The molecule has 1 aliphatic carbocycles. The van der Waals surface area contributed by atoms with E-state index in [0.717, 1.165) is 11.1 Å². The molecule has 10 heteroatoms. The molecule has 0 spiro atoms.